The summed E-state index contributed by atoms with van der Waals surface area (Å²) < 4.78 is 18.8. The highest BCUT2D eigenvalue weighted by atomic mass is 16.7. The topological polar surface area (TPSA) is 82.1 Å². The number of ketones is 1. The first-order valence-corrected chi connectivity index (χ1v) is 14.2. The summed E-state index contributed by atoms with van der Waals surface area (Å²) in [5.74, 6) is -1.48. The van der Waals surface area contributed by atoms with E-state index in [1.807, 2.05) is 63.3 Å². The van der Waals surface area contributed by atoms with Crippen LogP contribution >= 0.6 is 0 Å². The Balaban J connectivity index is 1.49. The lowest BCUT2D eigenvalue weighted by Gasteiger charge is -2.52. The number of Topliss-reactive ketones (excluding diaryl/α,β-unsaturated/α-hetero) is 1. The van der Waals surface area contributed by atoms with E-state index in [9.17, 15) is 14.7 Å². The van der Waals surface area contributed by atoms with Crippen LogP contribution in [0.4, 0.5) is 0 Å². The first kappa shape index (κ1) is 26.7. The number of hydrogen-bond donors (Lipinski definition) is 1. The van der Waals surface area contributed by atoms with Gasteiger partial charge in [0.25, 0.3) is 0 Å². The summed E-state index contributed by atoms with van der Waals surface area (Å²) in [5.41, 5.74) is -0.454. The molecule has 3 fully saturated rings. The van der Waals surface area contributed by atoms with Crippen molar-refractivity contribution in [1.82, 2.24) is 0 Å². The SMILES string of the molecule is CC=C(C(=O)O[C@H]1C(C)=C[C@]23C(=O)[C@@H](C=C4COC(C)(C)O[C@H]4[C@]12O)[C@H]1[C@@H](C[C@H]3C)C1(C)C)c1ccccc1. The van der Waals surface area contributed by atoms with Crippen LogP contribution in [-0.2, 0) is 23.8 Å². The highest BCUT2D eigenvalue weighted by Crippen LogP contribution is 2.72. The average molecular weight is 533 g/mol. The first-order valence-electron chi connectivity index (χ1n) is 14.2. The molecule has 1 aliphatic heterocycles. The van der Waals surface area contributed by atoms with Gasteiger partial charge in [-0.25, -0.2) is 4.79 Å². The molecule has 1 N–H and O–H groups in total. The molecule has 39 heavy (non-hydrogen) atoms. The van der Waals surface area contributed by atoms with E-state index in [4.69, 9.17) is 14.2 Å². The summed E-state index contributed by atoms with van der Waals surface area (Å²) >= 11 is 0. The standard InChI is InChI=1S/C33H40O6/c1-8-22(20-12-10-9-11-13-20)29(35)38-27-18(2)16-32-19(3)14-24-25(30(24,4)5)23(26(32)34)15-21-17-37-31(6,7)39-28(21)33(27,32)36/h8-13,15-16,19,23-25,27-28,36H,14,17H2,1-7H3/t19-,23+,24-,25+,27+,28-,32+,33-/m1/s1. The number of allylic oxidation sites excluding steroid dienone is 2. The molecule has 8 atom stereocenters. The number of hydrogen-bond acceptors (Lipinski definition) is 6. The van der Waals surface area contributed by atoms with Gasteiger partial charge in [0.2, 0.25) is 0 Å². The number of fused-ring (bicyclic) bond motifs is 5. The Morgan fingerprint density at radius 2 is 1.85 bits per heavy atom. The Kier molecular flexibility index (Phi) is 5.80. The van der Waals surface area contributed by atoms with Crippen molar-refractivity contribution in [1.29, 1.82) is 0 Å². The molecule has 0 radical (unpaired) electrons. The smallest absolute Gasteiger partial charge is 0.339 e. The van der Waals surface area contributed by atoms with Crippen LogP contribution in [0.15, 0.2) is 59.7 Å². The number of carbonyl (C=O) groups excluding carboxylic acids is 2. The van der Waals surface area contributed by atoms with Gasteiger partial charge in [0.15, 0.2) is 23.3 Å². The van der Waals surface area contributed by atoms with E-state index in [2.05, 4.69) is 20.8 Å². The zero-order chi connectivity index (χ0) is 28.1. The van der Waals surface area contributed by atoms with Crippen LogP contribution < -0.4 is 0 Å². The second-order valence-electron chi connectivity index (χ2n) is 13.3. The summed E-state index contributed by atoms with van der Waals surface area (Å²) in [6.45, 7) is 14.1. The van der Waals surface area contributed by atoms with Crippen molar-refractivity contribution in [3.05, 3.63) is 65.3 Å². The molecule has 0 amide bonds. The van der Waals surface area contributed by atoms with Gasteiger partial charge in [-0.05, 0) is 74.0 Å². The number of carbonyl (C=O) groups is 2. The van der Waals surface area contributed by atoms with Crippen LogP contribution in [0.3, 0.4) is 0 Å². The number of esters is 1. The summed E-state index contributed by atoms with van der Waals surface area (Å²) in [7, 11) is 0. The molecule has 0 aromatic heterocycles. The van der Waals surface area contributed by atoms with Gasteiger partial charge < -0.3 is 19.3 Å². The third kappa shape index (κ3) is 3.50. The van der Waals surface area contributed by atoms with Gasteiger partial charge in [-0.2, -0.15) is 0 Å². The summed E-state index contributed by atoms with van der Waals surface area (Å²) in [6.07, 6.45) is 4.55. The quantitative estimate of drug-likeness (QED) is 0.325. The number of ether oxygens (including phenoxy) is 3. The molecular formula is C33H40O6. The molecule has 1 spiro atoms. The van der Waals surface area contributed by atoms with Crippen LogP contribution in [0.1, 0.15) is 60.5 Å². The molecule has 0 unspecified atom stereocenters. The Hall–Kier alpha value is -2.54. The Morgan fingerprint density at radius 3 is 2.51 bits per heavy atom. The predicted octanol–water partition coefficient (Wildman–Crippen LogP) is 5.27. The fraction of sp³-hybridized carbons (Fsp3) is 0.576. The lowest BCUT2D eigenvalue weighted by atomic mass is 9.59. The third-order valence-corrected chi connectivity index (χ3v) is 10.5. The predicted molar refractivity (Wildman–Crippen MR) is 147 cm³/mol. The van der Waals surface area contributed by atoms with Crippen molar-refractivity contribution in [2.45, 2.75) is 78.5 Å². The molecule has 4 aliphatic carbocycles. The van der Waals surface area contributed by atoms with Crippen LogP contribution in [-0.4, -0.2) is 47.1 Å². The minimum atomic E-state index is -1.82. The fourth-order valence-electron chi connectivity index (χ4n) is 8.49. The van der Waals surface area contributed by atoms with Gasteiger partial charge in [0.05, 0.1) is 17.6 Å². The van der Waals surface area contributed by atoms with E-state index in [-0.39, 0.29) is 35.6 Å². The van der Waals surface area contributed by atoms with Crippen LogP contribution in [0, 0.1) is 34.5 Å². The van der Waals surface area contributed by atoms with Crippen molar-refractivity contribution < 1.29 is 28.9 Å². The molecule has 5 aliphatic rings. The molecule has 6 rings (SSSR count). The van der Waals surface area contributed by atoms with Crippen molar-refractivity contribution in [3.63, 3.8) is 0 Å². The van der Waals surface area contributed by atoms with Crippen molar-refractivity contribution in [2.24, 2.45) is 34.5 Å². The van der Waals surface area contributed by atoms with Gasteiger partial charge in [-0.3, -0.25) is 4.79 Å². The number of benzene rings is 1. The maximum atomic E-state index is 14.8. The highest BCUT2D eigenvalue weighted by Gasteiger charge is 2.77. The van der Waals surface area contributed by atoms with E-state index in [0.29, 0.717) is 17.1 Å². The van der Waals surface area contributed by atoms with Crippen LogP contribution in [0.5, 0.6) is 0 Å². The van der Waals surface area contributed by atoms with Crippen LogP contribution in [0.25, 0.3) is 5.57 Å². The van der Waals surface area contributed by atoms with Crippen LogP contribution in [0.2, 0.25) is 0 Å². The molecule has 1 aromatic carbocycles. The molecule has 6 heteroatoms. The molecule has 1 saturated heterocycles. The molecule has 208 valence electrons. The number of aliphatic hydroxyl groups is 1. The maximum Gasteiger partial charge on any atom is 0.339 e. The molecule has 1 aromatic rings. The van der Waals surface area contributed by atoms with E-state index in [0.717, 1.165) is 17.6 Å². The van der Waals surface area contributed by atoms with Crippen molar-refractivity contribution in [3.8, 4) is 0 Å². The van der Waals surface area contributed by atoms with E-state index in [1.165, 1.54) is 0 Å². The molecule has 2 bridgehead atoms. The average Bonchev–Trinajstić information content (AvgIpc) is 3.37. The Morgan fingerprint density at radius 1 is 1.15 bits per heavy atom. The maximum absolute atomic E-state index is 14.8. The Bertz CT molecular complexity index is 1320. The zero-order valence-corrected chi connectivity index (χ0v) is 24.0. The minimum absolute atomic E-state index is 0.00564. The summed E-state index contributed by atoms with van der Waals surface area (Å²) in [4.78, 5) is 28.5. The summed E-state index contributed by atoms with van der Waals surface area (Å²) in [5, 5.41) is 13.1. The second kappa shape index (κ2) is 8.48. The van der Waals surface area contributed by atoms with Crippen molar-refractivity contribution in [2.75, 3.05) is 6.61 Å². The lowest BCUT2D eigenvalue weighted by molar-refractivity contribution is -0.303. The minimum Gasteiger partial charge on any atom is -0.451 e. The summed E-state index contributed by atoms with van der Waals surface area (Å²) in [6, 6.07) is 9.35. The van der Waals surface area contributed by atoms with Gasteiger partial charge in [-0.15, -0.1) is 0 Å². The van der Waals surface area contributed by atoms with Gasteiger partial charge >= 0.3 is 5.97 Å². The first-order chi connectivity index (χ1) is 18.3. The third-order valence-electron chi connectivity index (χ3n) is 10.5. The van der Waals surface area contributed by atoms with E-state index < -0.39 is 35.0 Å². The normalized spacial score (nSPS) is 41.6. The molecule has 1 heterocycles. The zero-order valence-electron chi connectivity index (χ0n) is 24.0. The van der Waals surface area contributed by atoms with Gasteiger partial charge in [0.1, 0.15) is 6.10 Å². The molecule has 6 nitrogen and oxygen atoms in total. The highest BCUT2D eigenvalue weighted by molar-refractivity contribution is 6.16. The van der Waals surface area contributed by atoms with Gasteiger partial charge in [0, 0.05) is 5.92 Å². The Labute approximate surface area is 231 Å². The molecular weight excluding hydrogens is 492 g/mol. The second-order valence-corrected chi connectivity index (χ2v) is 13.3. The molecule has 2 saturated carbocycles. The van der Waals surface area contributed by atoms with Crippen molar-refractivity contribution >= 4 is 17.3 Å². The lowest BCUT2D eigenvalue weighted by Crippen LogP contribution is -2.68. The fourth-order valence-corrected chi connectivity index (χ4v) is 8.49. The largest absolute Gasteiger partial charge is 0.451 e. The van der Waals surface area contributed by atoms with Gasteiger partial charge in [-0.1, -0.05) is 69.3 Å². The van der Waals surface area contributed by atoms with E-state index >= 15 is 0 Å². The number of rotatable bonds is 3. The monoisotopic (exact) mass is 532 g/mol. The van der Waals surface area contributed by atoms with E-state index in [1.54, 1.807) is 13.0 Å².